The molecule has 2 aromatic carbocycles. The van der Waals surface area contributed by atoms with E-state index in [0.717, 1.165) is 5.56 Å². The zero-order chi connectivity index (χ0) is 16.5. The van der Waals surface area contributed by atoms with Crippen LogP contribution in [0.5, 0.6) is 5.75 Å². The molecule has 0 saturated heterocycles. The van der Waals surface area contributed by atoms with Gasteiger partial charge in [0, 0.05) is 11.1 Å². The highest BCUT2D eigenvalue weighted by Gasteiger charge is 2.32. The van der Waals surface area contributed by atoms with Crippen LogP contribution in [0, 0.1) is 5.82 Å². The van der Waals surface area contributed by atoms with Crippen molar-refractivity contribution in [2.75, 3.05) is 0 Å². The minimum atomic E-state index is -4.83. The van der Waals surface area contributed by atoms with Crippen LogP contribution in [0.1, 0.15) is 26.3 Å². The topological polar surface area (TPSA) is 9.23 Å². The summed E-state index contributed by atoms with van der Waals surface area (Å²) in [5.74, 6) is -1.01. The van der Waals surface area contributed by atoms with Crippen molar-refractivity contribution < 1.29 is 22.3 Å². The van der Waals surface area contributed by atoms with Crippen LogP contribution in [0.15, 0.2) is 42.5 Å². The average Bonchev–Trinajstić information content (AvgIpc) is 2.37. The second kappa shape index (κ2) is 5.63. The summed E-state index contributed by atoms with van der Waals surface area (Å²) >= 11 is 0. The van der Waals surface area contributed by atoms with Crippen molar-refractivity contribution >= 4 is 0 Å². The van der Waals surface area contributed by atoms with Crippen molar-refractivity contribution in [1.82, 2.24) is 0 Å². The normalized spacial score (nSPS) is 12.3. The predicted molar refractivity (Wildman–Crippen MR) is 77.2 cm³/mol. The van der Waals surface area contributed by atoms with E-state index in [1.54, 1.807) is 18.2 Å². The average molecular weight is 312 g/mol. The quantitative estimate of drug-likeness (QED) is 0.647. The Morgan fingerprint density at radius 3 is 2.09 bits per heavy atom. The van der Waals surface area contributed by atoms with E-state index in [-0.39, 0.29) is 16.5 Å². The third kappa shape index (κ3) is 3.78. The Balaban J connectivity index is 2.57. The van der Waals surface area contributed by atoms with Gasteiger partial charge in [0.2, 0.25) is 0 Å². The maximum atomic E-state index is 14.1. The number of para-hydroxylation sites is 1. The number of alkyl halides is 3. The van der Waals surface area contributed by atoms with E-state index in [2.05, 4.69) is 4.74 Å². The molecule has 0 fully saturated rings. The maximum Gasteiger partial charge on any atom is 0.573 e. The molecule has 0 aliphatic rings. The lowest BCUT2D eigenvalue weighted by atomic mass is 9.85. The monoisotopic (exact) mass is 312 g/mol. The molecule has 0 radical (unpaired) electrons. The Morgan fingerprint density at radius 2 is 1.50 bits per heavy atom. The van der Waals surface area contributed by atoms with Crippen LogP contribution in [0.4, 0.5) is 17.6 Å². The largest absolute Gasteiger partial charge is 0.573 e. The van der Waals surface area contributed by atoms with E-state index >= 15 is 0 Å². The van der Waals surface area contributed by atoms with Crippen molar-refractivity contribution in [1.29, 1.82) is 0 Å². The zero-order valence-electron chi connectivity index (χ0n) is 12.5. The first-order chi connectivity index (χ1) is 10.1. The fourth-order valence-electron chi connectivity index (χ4n) is 2.10. The van der Waals surface area contributed by atoms with E-state index in [0.29, 0.717) is 0 Å². The van der Waals surface area contributed by atoms with Gasteiger partial charge in [-0.2, -0.15) is 0 Å². The number of hydrogen-bond donors (Lipinski definition) is 0. The molecule has 0 amide bonds. The van der Waals surface area contributed by atoms with E-state index in [1.807, 2.05) is 20.8 Å². The summed E-state index contributed by atoms with van der Waals surface area (Å²) < 4.78 is 55.6. The molecule has 2 rings (SSSR count). The summed E-state index contributed by atoms with van der Waals surface area (Å²) in [4.78, 5) is 0. The maximum absolute atomic E-state index is 14.1. The first-order valence-electron chi connectivity index (χ1n) is 6.73. The fourth-order valence-corrected chi connectivity index (χ4v) is 2.10. The number of ether oxygens (including phenoxy) is 1. The van der Waals surface area contributed by atoms with Crippen LogP contribution >= 0.6 is 0 Å². The molecule has 0 aliphatic heterocycles. The smallest absolute Gasteiger partial charge is 0.405 e. The highest BCUT2D eigenvalue weighted by Crippen LogP contribution is 2.37. The molecule has 22 heavy (non-hydrogen) atoms. The molecule has 0 aromatic heterocycles. The second-order valence-electron chi connectivity index (χ2n) is 5.99. The Bertz CT molecular complexity index is 669. The lowest BCUT2D eigenvalue weighted by molar-refractivity contribution is -0.274. The van der Waals surface area contributed by atoms with E-state index < -0.39 is 17.9 Å². The van der Waals surface area contributed by atoms with Crippen molar-refractivity contribution in [2.45, 2.75) is 32.5 Å². The SMILES string of the molecule is CC(C)(C)c1ccc(F)c(-c2ccccc2OC(F)(F)F)c1. The second-order valence-corrected chi connectivity index (χ2v) is 5.99. The first-order valence-corrected chi connectivity index (χ1v) is 6.73. The molecular weight excluding hydrogens is 296 g/mol. The number of hydrogen-bond acceptors (Lipinski definition) is 1. The van der Waals surface area contributed by atoms with Gasteiger partial charge >= 0.3 is 6.36 Å². The van der Waals surface area contributed by atoms with Crippen LogP contribution < -0.4 is 4.74 Å². The summed E-state index contributed by atoms with van der Waals surface area (Å²) in [5.41, 5.74) is 0.740. The van der Waals surface area contributed by atoms with Crippen molar-refractivity contribution in [3.05, 3.63) is 53.8 Å². The van der Waals surface area contributed by atoms with Crippen LogP contribution in [-0.4, -0.2) is 6.36 Å². The summed E-state index contributed by atoms with van der Waals surface area (Å²) in [5, 5.41) is 0. The minimum Gasteiger partial charge on any atom is -0.405 e. The van der Waals surface area contributed by atoms with Gasteiger partial charge in [0.05, 0.1) is 0 Å². The molecule has 0 saturated carbocycles. The van der Waals surface area contributed by atoms with Gasteiger partial charge < -0.3 is 4.74 Å². The van der Waals surface area contributed by atoms with Crippen LogP contribution in [0.25, 0.3) is 11.1 Å². The fraction of sp³-hybridized carbons (Fsp3) is 0.294. The Hall–Kier alpha value is -2.04. The molecule has 0 bridgehead atoms. The third-order valence-corrected chi connectivity index (χ3v) is 3.24. The molecule has 0 spiro atoms. The van der Waals surface area contributed by atoms with E-state index in [4.69, 9.17) is 0 Å². The van der Waals surface area contributed by atoms with Crippen LogP contribution in [0.2, 0.25) is 0 Å². The number of benzene rings is 2. The molecule has 118 valence electrons. The van der Waals surface area contributed by atoms with Gasteiger partial charge in [-0.15, -0.1) is 13.2 Å². The van der Waals surface area contributed by atoms with E-state index in [9.17, 15) is 17.6 Å². The molecule has 0 heterocycles. The first kappa shape index (κ1) is 16.3. The van der Waals surface area contributed by atoms with Crippen molar-refractivity contribution in [3.63, 3.8) is 0 Å². The highest BCUT2D eigenvalue weighted by atomic mass is 19.4. The molecule has 0 atom stereocenters. The summed E-state index contributed by atoms with van der Waals surface area (Å²) in [6.45, 7) is 5.84. The Morgan fingerprint density at radius 1 is 0.864 bits per heavy atom. The highest BCUT2D eigenvalue weighted by molar-refractivity contribution is 5.71. The summed E-state index contributed by atoms with van der Waals surface area (Å²) in [7, 11) is 0. The minimum absolute atomic E-state index is 0.0726. The van der Waals surface area contributed by atoms with Gasteiger partial charge in [-0.25, -0.2) is 4.39 Å². The molecule has 1 nitrogen and oxygen atoms in total. The zero-order valence-corrected chi connectivity index (χ0v) is 12.5. The molecule has 2 aromatic rings. The van der Waals surface area contributed by atoms with Crippen LogP contribution in [-0.2, 0) is 5.41 Å². The van der Waals surface area contributed by atoms with Gasteiger partial charge in [0.25, 0.3) is 0 Å². The van der Waals surface area contributed by atoms with Gasteiger partial charge in [0.1, 0.15) is 11.6 Å². The molecule has 0 N–H and O–H groups in total. The molecule has 0 aliphatic carbocycles. The summed E-state index contributed by atoms with van der Waals surface area (Å²) in [6.07, 6.45) is -4.83. The number of rotatable bonds is 2. The van der Waals surface area contributed by atoms with Gasteiger partial charge in [-0.3, -0.25) is 0 Å². The standard InChI is InChI=1S/C17H16F4O/c1-16(2,3)11-8-9-14(18)13(10-11)12-6-4-5-7-15(12)22-17(19,20)21/h4-10H,1-3H3. The van der Waals surface area contributed by atoms with Gasteiger partial charge in [-0.1, -0.05) is 45.0 Å². The van der Waals surface area contributed by atoms with Crippen LogP contribution in [0.3, 0.4) is 0 Å². The van der Waals surface area contributed by atoms with Crippen molar-refractivity contribution in [2.24, 2.45) is 0 Å². The molecular formula is C17H16F4O. The summed E-state index contributed by atoms with van der Waals surface area (Å²) in [6, 6.07) is 10.00. The predicted octanol–water partition coefficient (Wildman–Crippen LogP) is 5.69. The van der Waals surface area contributed by atoms with Gasteiger partial charge in [-0.05, 0) is 29.2 Å². The van der Waals surface area contributed by atoms with E-state index in [1.165, 1.54) is 24.3 Å². The van der Waals surface area contributed by atoms with Crippen molar-refractivity contribution in [3.8, 4) is 16.9 Å². The molecule has 5 heteroatoms. The Kier molecular flexibility index (Phi) is 4.18. The number of halogens is 4. The third-order valence-electron chi connectivity index (χ3n) is 3.24. The lowest BCUT2D eigenvalue weighted by Crippen LogP contribution is -2.17. The Labute approximate surface area is 126 Å². The molecule has 0 unspecified atom stereocenters. The van der Waals surface area contributed by atoms with Gasteiger partial charge in [0.15, 0.2) is 0 Å². The lowest BCUT2D eigenvalue weighted by Gasteiger charge is -2.21.